The van der Waals surface area contributed by atoms with Gasteiger partial charge in [-0.05, 0) is 55.0 Å². The summed E-state index contributed by atoms with van der Waals surface area (Å²) in [7, 11) is 0. The van der Waals surface area contributed by atoms with E-state index in [1.54, 1.807) is 59.3 Å². The van der Waals surface area contributed by atoms with Gasteiger partial charge in [0, 0.05) is 33.3 Å². The topological polar surface area (TPSA) is 90.0 Å². The number of carbonyl (C=O) groups is 2. The van der Waals surface area contributed by atoms with Gasteiger partial charge in [-0.15, -0.1) is 0 Å². The first kappa shape index (κ1) is 23.8. The van der Waals surface area contributed by atoms with Crippen LogP contribution < -0.4 is 11.1 Å². The maximum Gasteiger partial charge on any atom is 0.272 e. The fourth-order valence-electron chi connectivity index (χ4n) is 3.59. The minimum atomic E-state index is -0.532. The lowest BCUT2D eigenvalue weighted by molar-refractivity contribution is 0.0944. The molecule has 0 aliphatic rings. The number of hydrogen-bond donors (Lipinski definition) is 2. The summed E-state index contributed by atoms with van der Waals surface area (Å²) < 4.78 is 1.62. The summed E-state index contributed by atoms with van der Waals surface area (Å²) in [6.07, 6.45) is 0. The van der Waals surface area contributed by atoms with Gasteiger partial charge in [0.05, 0.1) is 16.4 Å². The summed E-state index contributed by atoms with van der Waals surface area (Å²) in [5.41, 5.74) is 9.44. The van der Waals surface area contributed by atoms with Crippen LogP contribution in [0.2, 0.25) is 15.1 Å². The van der Waals surface area contributed by atoms with Crippen LogP contribution in [0, 0.1) is 6.92 Å². The Labute approximate surface area is 211 Å². The van der Waals surface area contributed by atoms with E-state index in [0.29, 0.717) is 37.6 Å². The van der Waals surface area contributed by atoms with Crippen molar-refractivity contribution in [3.8, 4) is 16.9 Å². The number of rotatable bonds is 6. The Morgan fingerprint density at radius 2 is 1.68 bits per heavy atom. The number of nitrogens with one attached hydrogen (secondary N) is 1. The second kappa shape index (κ2) is 9.89. The summed E-state index contributed by atoms with van der Waals surface area (Å²) in [5.74, 6) is -0.906. The lowest BCUT2D eigenvalue weighted by Gasteiger charge is -2.11. The molecule has 0 radical (unpaired) electrons. The molecule has 0 aliphatic carbocycles. The quantitative estimate of drug-likeness (QED) is 0.339. The van der Waals surface area contributed by atoms with Gasteiger partial charge in [-0.3, -0.25) is 9.59 Å². The Kier molecular flexibility index (Phi) is 6.93. The molecule has 9 heteroatoms. The van der Waals surface area contributed by atoms with E-state index in [-0.39, 0.29) is 18.1 Å². The molecule has 0 atom stereocenters. The molecule has 0 spiro atoms. The van der Waals surface area contributed by atoms with Crippen molar-refractivity contribution in [3.05, 3.63) is 104 Å². The highest BCUT2D eigenvalue weighted by molar-refractivity contribution is 6.35. The molecular formula is C25H19Cl3N4O2. The Balaban J connectivity index is 1.73. The van der Waals surface area contributed by atoms with Gasteiger partial charge in [-0.2, -0.15) is 5.10 Å². The third-order valence-electron chi connectivity index (χ3n) is 5.26. The van der Waals surface area contributed by atoms with Gasteiger partial charge in [-0.25, -0.2) is 4.68 Å². The summed E-state index contributed by atoms with van der Waals surface area (Å²) in [4.78, 5) is 24.6. The SMILES string of the molecule is Cc1c(C(=O)NCc2cccc(C(N)=O)c2)nn(-c2ccc(Cl)cc2Cl)c1-c1ccc(Cl)cc1. The molecule has 2 amide bonds. The molecule has 1 aromatic heterocycles. The van der Waals surface area contributed by atoms with Crippen molar-refractivity contribution in [2.75, 3.05) is 0 Å². The molecule has 4 rings (SSSR count). The van der Waals surface area contributed by atoms with Crippen LogP contribution in [0.3, 0.4) is 0 Å². The number of primary amides is 1. The molecule has 4 aromatic rings. The average molecular weight is 514 g/mol. The van der Waals surface area contributed by atoms with Gasteiger partial charge in [0.25, 0.3) is 5.91 Å². The minimum Gasteiger partial charge on any atom is -0.366 e. The Hall–Kier alpha value is -3.32. The maximum absolute atomic E-state index is 13.1. The number of carbonyl (C=O) groups excluding carboxylic acids is 2. The van der Waals surface area contributed by atoms with E-state index in [9.17, 15) is 9.59 Å². The van der Waals surface area contributed by atoms with Crippen molar-refractivity contribution in [1.82, 2.24) is 15.1 Å². The zero-order chi connectivity index (χ0) is 24.4. The van der Waals surface area contributed by atoms with E-state index in [1.807, 2.05) is 19.1 Å². The van der Waals surface area contributed by atoms with Crippen LogP contribution in [0.25, 0.3) is 16.9 Å². The molecular weight excluding hydrogens is 495 g/mol. The first-order valence-electron chi connectivity index (χ1n) is 10.2. The van der Waals surface area contributed by atoms with Crippen LogP contribution in [-0.4, -0.2) is 21.6 Å². The lowest BCUT2D eigenvalue weighted by atomic mass is 10.1. The second-order valence-electron chi connectivity index (χ2n) is 7.58. The van der Waals surface area contributed by atoms with Gasteiger partial charge in [-0.1, -0.05) is 59.1 Å². The molecule has 0 fully saturated rings. The zero-order valence-electron chi connectivity index (χ0n) is 18.0. The van der Waals surface area contributed by atoms with Crippen molar-refractivity contribution in [2.45, 2.75) is 13.5 Å². The van der Waals surface area contributed by atoms with Gasteiger partial charge in [0.2, 0.25) is 5.91 Å². The van der Waals surface area contributed by atoms with Crippen molar-refractivity contribution in [2.24, 2.45) is 5.73 Å². The normalized spacial score (nSPS) is 10.8. The van der Waals surface area contributed by atoms with Crippen molar-refractivity contribution in [3.63, 3.8) is 0 Å². The van der Waals surface area contributed by atoms with Crippen LogP contribution in [-0.2, 0) is 6.54 Å². The zero-order valence-corrected chi connectivity index (χ0v) is 20.2. The molecule has 1 heterocycles. The third kappa shape index (κ3) is 4.94. The van der Waals surface area contributed by atoms with Crippen LogP contribution >= 0.6 is 34.8 Å². The monoisotopic (exact) mass is 512 g/mol. The molecule has 0 saturated heterocycles. The van der Waals surface area contributed by atoms with E-state index >= 15 is 0 Å². The Morgan fingerprint density at radius 1 is 0.971 bits per heavy atom. The van der Waals surface area contributed by atoms with Crippen LogP contribution in [0.15, 0.2) is 66.7 Å². The molecule has 0 saturated carbocycles. The van der Waals surface area contributed by atoms with Gasteiger partial charge in [0.1, 0.15) is 0 Å². The molecule has 6 nitrogen and oxygen atoms in total. The Bertz CT molecular complexity index is 1400. The van der Waals surface area contributed by atoms with E-state index in [2.05, 4.69) is 10.4 Å². The maximum atomic E-state index is 13.1. The standard InChI is InChI=1S/C25H19Cl3N4O2/c1-14-22(25(34)30-13-15-3-2-4-17(11-15)24(29)33)31-32(21-10-9-19(27)12-20(21)28)23(14)16-5-7-18(26)8-6-16/h2-12H,13H2,1H3,(H2,29,33)(H,30,34). The van der Waals surface area contributed by atoms with E-state index in [0.717, 1.165) is 11.1 Å². The summed E-state index contributed by atoms with van der Waals surface area (Å²) in [6, 6.07) is 19.1. The lowest BCUT2D eigenvalue weighted by Crippen LogP contribution is -2.24. The van der Waals surface area contributed by atoms with E-state index in [4.69, 9.17) is 40.5 Å². The molecule has 34 heavy (non-hydrogen) atoms. The number of aromatic nitrogens is 2. The third-order valence-corrected chi connectivity index (χ3v) is 6.05. The fraction of sp³-hybridized carbons (Fsp3) is 0.0800. The highest BCUT2D eigenvalue weighted by atomic mass is 35.5. The predicted octanol–water partition coefficient (Wildman–Crippen LogP) is 5.84. The van der Waals surface area contributed by atoms with Crippen LogP contribution in [0.4, 0.5) is 0 Å². The van der Waals surface area contributed by atoms with E-state index < -0.39 is 5.91 Å². The molecule has 0 aliphatic heterocycles. The number of nitrogens with zero attached hydrogens (tertiary/aromatic N) is 2. The minimum absolute atomic E-state index is 0.199. The number of nitrogens with two attached hydrogens (primary N) is 1. The van der Waals surface area contributed by atoms with Crippen LogP contribution in [0.5, 0.6) is 0 Å². The molecule has 0 unspecified atom stereocenters. The predicted molar refractivity (Wildman–Crippen MR) is 135 cm³/mol. The molecule has 172 valence electrons. The van der Waals surface area contributed by atoms with Crippen LogP contribution in [0.1, 0.15) is 32.0 Å². The Morgan fingerprint density at radius 3 is 2.35 bits per heavy atom. The van der Waals surface area contributed by atoms with Crippen molar-refractivity contribution >= 4 is 46.6 Å². The number of halogens is 3. The highest BCUT2D eigenvalue weighted by Gasteiger charge is 2.23. The summed E-state index contributed by atoms with van der Waals surface area (Å²) in [5, 5.41) is 8.92. The van der Waals surface area contributed by atoms with Crippen molar-refractivity contribution in [1.29, 1.82) is 0 Å². The molecule has 3 aromatic carbocycles. The molecule has 0 bridgehead atoms. The average Bonchev–Trinajstić information content (AvgIpc) is 3.15. The number of benzene rings is 3. The second-order valence-corrected chi connectivity index (χ2v) is 8.86. The number of hydrogen-bond acceptors (Lipinski definition) is 3. The smallest absolute Gasteiger partial charge is 0.272 e. The number of amides is 2. The van der Waals surface area contributed by atoms with Gasteiger partial charge >= 0.3 is 0 Å². The molecule has 3 N–H and O–H groups in total. The fourth-order valence-corrected chi connectivity index (χ4v) is 4.20. The van der Waals surface area contributed by atoms with Crippen molar-refractivity contribution < 1.29 is 9.59 Å². The summed E-state index contributed by atoms with van der Waals surface area (Å²) >= 11 is 18.6. The largest absolute Gasteiger partial charge is 0.366 e. The highest BCUT2D eigenvalue weighted by Crippen LogP contribution is 2.33. The first-order valence-corrected chi connectivity index (χ1v) is 11.4. The van der Waals surface area contributed by atoms with E-state index in [1.165, 1.54) is 0 Å². The summed E-state index contributed by atoms with van der Waals surface area (Å²) in [6.45, 7) is 2.02. The van der Waals surface area contributed by atoms with Gasteiger partial charge < -0.3 is 11.1 Å². The first-order chi connectivity index (χ1) is 16.2. The van der Waals surface area contributed by atoms with Gasteiger partial charge in [0.15, 0.2) is 5.69 Å².